The van der Waals surface area contributed by atoms with Crippen molar-refractivity contribution in [2.45, 2.75) is 23.7 Å². The molecule has 0 saturated carbocycles. The van der Waals surface area contributed by atoms with E-state index in [4.69, 9.17) is 9.47 Å². The number of fused-ring (bicyclic) bond motifs is 1. The molecule has 1 saturated heterocycles. The lowest BCUT2D eigenvalue weighted by Crippen LogP contribution is -2.38. The third-order valence-corrected chi connectivity index (χ3v) is 6.62. The first kappa shape index (κ1) is 21.0. The Labute approximate surface area is 179 Å². The van der Waals surface area contributed by atoms with E-state index < -0.39 is 9.84 Å². The number of rotatable bonds is 5. The summed E-state index contributed by atoms with van der Waals surface area (Å²) in [7, 11) is -0.431. The molecular formula is C20H23N5O5S. The first-order valence-corrected chi connectivity index (χ1v) is 11.6. The molecule has 11 heteroatoms. The summed E-state index contributed by atoms with van der Waals surface area (Å²) >= 11 is 0. The van der Waals surface area contributed by atoms with Gasteiger partial charge in [-0.25, -0.2) is 13.4 Å². The number of carbonyl (C=O) groups excluding carboxylic acids is 1. The zero-order valence-electron chi connectivity index (χ0n) is 17.5. The molecule has 3 aromatic rings. The number of carbonyl (C=O) groups is 1. The van der Waals surface area contributed by atoms with Crippen molar-refractivity contribution in [2.24, 2.45) is 0 Å². The van der Waals surface area contributed by atoms with Crippen molar-refractivity contribution in [3.63, 3.8) is 0 Å². The molecule has 2 aromatic heterocycles. The lowest BCUT2D eigenvalue weighted by Gasteiger charge is -2.32. The number of nitrogens with zero attached hydrogens (tertiary/aromatic N) is 5. The SMILES string of the molecule is COc1ccc(C(=O)N2CCC(c3c(S(C)(=O)=O)cnc4ncnn34)CC2)cc1OC. The second kappa shape index (κ2) is 8.14. The van der Waals surface area contributed by atoms with Crippen molar-refractivity contribution in [1.29, 1.82) is 0 Å². The molecule has 1 aliphatic heterocycles. The van der Waals surface area contributed by atoms with Crippen LogP contribution in [-0.4, -0.2) is 72.4 Å². The third kappa shape index (κ3) is 3.92. The van der Waals surface area contributed by atoms with Gasteiger partial charge in [0.1, 0.15) is 11.2 Å². The summed E-state index contributed by atoms with van der Waals surface area (Å²) in [6.07, 6.45) is 5.05. The van der Waals surface area contributed by atoms with Crippen LogP contribution in [0, 0.1) is 0 Å². The Balaban J connectivity index is 1.57. The summed E-state index contributed by atoms with van der Waals surface area (Å²) < 4.78 is 36.7. The van der Waals surface area contributed by atoms with Gasteiger partial charge in [0.05, 0.1) is 26.1 Å². The number of methoxy groups -OCH3 is 2. The molecule has 3 heterocycles. The molecular weight excluding hydrogens is 422 g/mol. The molecule has 0 radical (unpaired) electrons. The summed E-state index contributed by atoms with van der Waals surface area (Å²) in [6, 6.07) is 5.08. The van der Waals surface area contributed by atoms with Gasteiger partial charge in [-0.15, -0.1) is 0 Å². The van der Waals surface area contributed by atoms with Gasteiger partial charge in [0, 0.05) is 30.8 Å². The summed E-state index contributed by atoms with van der Waals surface area (Å²) in [5.74, 6) is 1.20. The highest BCUT2D eigenvalue weighted by Crippen LogP contribution is 2.33. The van der Waals surface area contributed by atoms with Gasteiger partial charge >= 0.3 is 0 Å². The molecule has 1 fully saturated rings. The van der Waals surface area contributed by atoms with E-state index in [1.54, 1.807) is 30.2 Å². The van der Waals surface area contributed by atoms with Gasteiger partial charge < -0.3 is 14.4 Å². The number of ether oxygens (including phenoxy) is 2. The molecule has 0 unspecified atom stereocenters. The molecule has 0 spiro atoms. The van der Waals surface area contributed by atoms with E-state index >= 15 is 0 Å². The third-order valence-electron chi connectivity index (χ3n) is 5.51. The van der Waals surface area contributed by atoms with Crippen molar-refractivity contribution >= 4 is 21.5 Å². The molecule has 0 aliphatic carbocycles. The van der Waals surface area contributed by atoms with E-state index in [2.05, 4.69) is 15.1 Å². The molecule has 0 atom stereocenters. The van der Waals surface area contributed by atoms with Crippen LogP contribution in [0.3, 0.4) is 0 Å². The predicted molar refractivity (Wildman–Crippen MR) is 111 cm³/mol. The molecule has 164 valence electrons. The molecule has 1 aliphatic rings. The lowest BCUT2D eigenvalue weighted by atomic mass is 9.92. The summed E-state index contributed by atoms with van der Waals surface area (Å²) in [5, 5.41) is 4.18. The quantitative estimate of drug-likeness (QED) is 0.581. The fourth-order valence-corrected chi connectivity index (χ4v) is 4.83. The molecule has 0 bridgehead atoms. The number of benzene rings is 1. The monoisotopic (exact) mass is 445 g/mol. The Morgan fingerprint density at radius 1 is 1.10 bits per heavy atom. The first-order valence-electron chi connectivity index (χ1n) is 9.73. The molecule has 0 N–H and O–H groups in total. The number of piperidine rings is 1. The zero-order valence-corrected chi connectivity index (χ0v) is 18.3. The van der Waals surface area contributed by atoms with E-state index in [9.17, 15) is 13.2 Å². The average molecular weight is 446 g/mol. The Morgan fingerprint density at radius 2 is 1.81 bits per heavy atom. The summed E-state index contributed by atoms with van der Waals surface area (Å²) in [5.41, 5.74) is 1.08. The van der Waals surface area contributed by atoms with Crippen LogP contribution in [0.15, 0.2) is 35.6 Å². The second-order valence-corrected chi connectivity index (χ2v) is 9.37. The maximum absolute atomic E-state index is 13.0. The molecule has 10 nitrogen and oxygen atoms in total. The molecule has 31 heavy (non-hydrogen) atoms. The Hall–Kier alpha value is -3.21. The first-order chi connectivity index (χ1) is 14.8. The predicted octanol–water partition coefficient (Wildman–Crippen LogP) is 1.56. The van der Waals surface area contributed by atoms with Crippen LogP contribution in [-0.2, 0) is 9.84 Å². The Morgan fingerprint density at radius 3 is 2.45 bits per heavy atom. The van der Waals surface area contributed by atoms with Crippen LogP contribution >= 0.6 is 0 Å². The highest BCUT2D eigenvalue weighted by atomic mass is 32.2. The maximum Gasteiger partial charge on any atom is 0.253 e. The van der Waals surface area contributed by atoms with Gasteiger partial charge in [0.25, 0.3) is 11.7 Å². The van der Waals surface area contributed by atoms with Crippen LogP contribution in [0.25, 0.3) is 5.78 Å². The van der Waals surface area contributed by atoms with Gasteiger partial charge in [0.2, 0.25) is 0 Å². The minimum Gasteiger partial charge on any atom is -0.493 e. The summed E-state index contributed by atoms with van der Waals surface area (Å²) in [6.45, 7) is 0.971. The van der Waals surface area contributed by atoms with Gasteiger partial charge in [-0.3, -0.25) is 4.79 Å². The van der Waals surface area contributed by atoms with Gasteiger partial charge in [-0.1, -0.05) is 0 Å². The van der Waals surface area contributed by atoms with E-state index in [0.717, 1.165) is 6.26 Å². The maximum atomic E-state index is 13.0. The van der Waals surface area contributed by atoms with Crippen molar-refractivity contribution < 1.29 is 22.7 Å². The van der Waals surface area contributed by atoms with Crippen molar-refractivity contribution in [2.75, 3.05) is 33.6 Å². The van der Waals surface area contributed by atoms with Gasteiger partial charge in [-0.05, 0) is 31.0 Å². The van der Waals surface area contributed by atoms with Crippen LogP contribution in [0.2, 0.25) is 0 Å². The molecule has 1 aromatic carbocycles. The minimum atomic E-state index is -3.50. The highest BCUT2D eigenvalue weighted by molar-refractivity contribution is 7.90. The van der Waals surface area contributed by atoms with Crippen molar-refractivity contribution in [1.82, 2.24) is 24.5 Å². The Kier molecular flexibility index (Phi) is 5.52. The zero-order chi connectivity index (χ0) is 22.2. The van der Waals surface area contributed by atoms with E-state index in [1.165, 1.54) is 24.1 Å². The highest BCUT2D eigenvalue weighted by Gasteiger charge is 2.31. The largest absolute Gasteiger partial charge is 0.493 e. The number of hydrogen-bond donors (Lipinski definition) is 0. The van der Waals surface area contributed by atoms with Crippen LogP contribution in [0.4, 0.5) is 0 Å². The minimum absolute atomic E-state index is 0.0913. The topological polar surface area (TPSA) is 116 Å². The second-order valence-electron chi connectivity index (χ2n) is 7.39. The number of hydrogen-bond acceptors (Lipinski definition) is 8. The van der Waals surface area contributed by atoms with Crippen molar-refractivity contribution in [3.8, 4) is 11.5 Å². The molecule has 1 amide bonds. The van der Waals surface area contributed by atoms with Crippen molar-refractivity contribution in [3.05, 3.63) is 42.0 Å². The van der Waals surface area contributed by atoms with Crippen LogP contribution in [0.5, 0.6) is 11.5 Å². The van der Waals surface area contributed by atoms with E-state index in [-0.39, 0.29) is 16.7 Å². The molecule has 4 rings (SSSR count). The van der Waals surface area contributed by atoms with Gasteiger partial charge in [-0.2, -0.15) is 14.6 Å². The van der Waals surface area contributed by atoms with Gasteiger partial charge in [0.15, 0.2) is 21.3 Å². The van der Waals surface area contributed by atoms with E-state index in [0.29, 0.717) is 54.5 Å². The standard InChI is InChI=1S/C20H23N5O5S/c1-29-15-5-4-14(10-16(15)30-2)19(26)24-8-6-13(7-9-24)18-17(31(3,27)28)11-21-20-22-12-23-25(18)20/h4-5,10-13H,6-9H2,1-3H3. The number of amides is 1. The Bertz CT molecular complexity index is 1230. The number of sulfone groups is 1. The smallest absolute Gasteiger partial charge is 0.253 e. The van der Waals surface area contributed by atoms with E-state index in [1.807, 2.05) is 0 Å². The van der Waals surface area contributed by atoms with Crippen LogP contribution < -0.4 is 9.47 Å². The number of aromatic nitrogens is 4. The fourth-order valence-electron chi connectivity index (χ4n) is 3.95. The van der Waals surface area contributed by atoms with Crippen LogP contribution in [0.1, 0.15) is 34.8 Å². The number of likely N-dealkylation sites (tertiary alicyclic amines) is 1. The lowest BCUT2D eigenvalue weighted by molar-refractivity contribution is 0.0710. The average Bonchev–Trinajstić information content (AvgIpc) is 3.26. The normalized spacial score (nSPS) is 15.3. The fraction of sp³-hybridized carbons (Fsp3) is 0.400. The summed E-state index contributed by atoms with van der Waals surface area (Å²) in [4.78, 5) is 23.1.